The molecule has 0 spiro atoms. The van der Waals surface area contributed by atoms with Crippen LogP contribution in [0.4, 0.5) is 26.6 Å². The van der Waals surface area contributed by atoms with E-state index in [0.717, 1.165) is 57.4 Å². The smallest absolute Gasteiger partial charge is 0.330 e. The van der Waals surface area contributed by atoms with Gasteiger partial charge in [-0.1, -0.05) is 24.4 Å². The van der Waals surface area contributed by atoms with E-state index in [1.54, 1.807) is 18.0 Å². The molecule has 3 aliphatic rings. The highest BCUT2D eigenvalue weighted by Crippen LogP contribution is 2.45. The Morgan fingerprint density at radius 1 is 1.25 bits per heavy atom. The fraction of sp³-hybridized carbons (Fsp3) is 0.560. The number of carbonyl (C=O) groups excluding carboxylic acids is 1. The summed E-state index contributed by atoms with van der Waals surface area (Å²) < 4.78 is 20.7. The minimum absolute atomic E-state index is 0.0155. The van der Waals surface area contributed by atoms with Gasteiger partial charge in [-0.2, -0.15) is 4.98 Å². The van der Waals surface area contributed by atoms with Gasteiger partial charge in [0.25, 0.3) is 0 Å². The third-order valence-corrected chi connectivity index (χ3v) is 7.69. The number of anilines is 3. The number of benzene rings is 1. The summed E-state index contributed by atoms with van der Waals surface area (Å²) in [5, 5.41) is 13.6. The molecule has 1 aromatic carbocycles. The predicted molar refractivity (Wildman–Crippen MR) is 136 cm³/mol. The Hall–Kier alpha value is -2.85. The highest BCUT2D eigenvalue weighted by Gasteiger charge is 2.41. The van der Waals surface area contributed by atoms with Gasteiger partial charge in [-0.25, -0.2) is 14.2 Å². The maximum atomic E-state index is 15.2. The van der Waals surface area contributed by atoms with Gasteiger partial charge in [0.05, 0.1) is 13.2 Å². The highest BCUT2D eigenvalue weighted by atomic mass is 35.5. The van der Waals surface area contributed by atoms with E-state index >= 15 is 4.39 Å². The molecule has 2 heterocycles. The number of aromatic hydroxyl groups is 1. The SMILES string of the molecule is CCOc1cc(O)c(F)c(N2Cc3cnc(NC4CCC(N)CC4)nc3N(C3CCCC3)C2=O)c1Cl. The summed E-state index contributed by atoms with van der Waals surface area (Å²) in [6.45, 7) is 2.04. The van der Waals surface area contributed by atoms with E-state index < -0.39 is 17.6 Å². The molecule has 0 atom stereocenters. The van der Waals surface area contributed by atoms with E-state index in [1.165, 1.54) is 4.90 Å². The van der Waals surface area contributed by atoms with Crippen molar-refractivity contribution in [2.24, 2.45) is 5.73 Å². The molecule has 1 aromatic heterocycles. The fourth-order valence-electron chi connectivity index (χ4n) is 5.44. The zero-order valence-corrected chi connectivity index (χ0v) is 21.1. The first-order valence-corrected chi connectivity index (χ1v) is 13.1. The topological polar surface area (TPSA) is 117 Å². The number of nitrogens with one attached hydrogen (secondary N) is 1. The van der Waals surface area contributed by atoms with Crippen LogP contribution in [0.2, 0.25) is 5.02 Å². The Bertz CT molecular complexity index is 1140. The van der Waals surface area contributed by atoms with E-state index in [4.69, 9.17) is 27.1 Å². The summed E-state index contributed by atoms with van der Waals surface area (Å²) in [5.74, 6) is -0.483. The number of nitrogens with zero attached hydrogens (tertiary/aromatic N) is 4. The normalized spacial score (nSPS) is 22.6. The highest BCUT2D eigenvalue weighted by molar-refractivity contribution is 6.35. The van der Waals surface area contributed by atoms with Crippen molar-refractivity contribution < 1.29 is 19.0 Å². The summed E-state index contributed by atoms with van der Waals surface area (Å²) in [6.07, 6.45) is 9.11. The molecule has 0 radical (unpaired) electrons. The van der Waals surface area contributed by atoms with E-state index in [0.29, 0.717) is 17.3 Å². The predicted octanol–water partition coefficient (Wildman–Crippen LogP) is 4.94. The Labute approximate surface area is 214 Å². The molecule has 4 N–H and O–H groups in total. The lowest BCUT2D eigenvalue weighted by Crippen LogP contribution is -2.52. The number of hydrogen-bond donors (Lipinski definition) is 3. The summed E-state index contributed by atoms with van der Waals surface area (Å²) >= 11 is 6.50. The lowest BCUT2D eigenvalue weighted by Gasteiger charge is -2.39. The number of phenolic OH excluding ortho intramolecular Hbond substituents is 1. The summed E-state index contributed by atoms with van der Waals surface area (Å²) in [4.78, 5) is 26.1. The molecule has 194 valence electrons. The number of phenols is 1. The van der Waals surface area contributed by atoms with Gasteiger partial charge in [-0.15, -0.1) is 0 Å². The Balaban J connectivity index is 1.52. The monoisotopic (exact) mass is 518 g/mol. The number of urea groups is 1. The number of rotatable bonds is 6. The summed E-state index contributed by atoms with van der Waals surface area (Å²) in [7, 11) is 0. The number of amides is 2. The zero-order valence-electron chi connectivity index (χ0n) is 20.3. The maximum absolute atomic E-state index is 15.2. The van der Waals surface area contributed by atoms with Crippen LogP contribution in [0.15, 0.2) is 12.3 Å². The fourth-order valence-corrected chi connectivity index (χ4v) is 5.74. The van der Waals surface area contributed by atoms with Crippen molar-refractivity contribution in [3.63, 3.8) is 0 Å². The van der Waals surface area contributed by atoms with Crippen LogP contribution in [-0.2, 0) is 6.54 Å². The van der Waals surface area contributed by atoms with Crippen molar-refractivity contribution >= 4 is 35.1 Å². The number of aromatic nitrogens is 2. The molecule has 2 saturated carbocycles. The van der Waals surface area contributed by atoms with Crippen molar-refractivity contribution in [2.75, 3.05) is 21.7 Å². The number of hydrogen-bond acceptors (Lipinski definition) is 7. The minimum atomic E-state index is -0.971. The molecule has 0 saturated heterocycles. The minimum Gasteiger partial charge on any atom is -0.505 e. The van der Waals surface area contributed by atoms with Gasteiger partial charge in [0.15, 0.2) is 11.6 Å². The maximum Gasteiger partial charge on any atom is 0.330 e. The van der Waals surface area contributed by atoms with Crippen LogP contribution in [-0.4, -0.2) is 45.8 Å². The Morgan fingerprint density at radius 2 is 1.97 bits per heavy atom. The van der Waals surface area contributed by atoms with Gasteiger partial charge in [-0.3, -0.25) is 9.80 Å². The second kappa shape index (κ2) is 10.3. The largest absolute Gasteiger partial charge is 0.505 e. The van der Waals surface area contributed by atoms with Crippen LogP contribution in [0, 0.1) is 5.82 Å². The third kappa shape index (κ3) is 4.64. The van der Waals surface area contributed by atoms with Crippen LogP contribution in [0.25, 0.3) is 0 Å². The molecule has 11 heteroatoms. The van der Waals surface area contributed by atoms with Gasteiger partial charge in [-0.05, 0) is 45.4 Å². The molecule has 36 heavy (non-hydrogen) atoms. The molecule has 9 nitrogen and oxygen atoms in total. The van der Waals surface area contributed by atoms with E-state index in [1.807, 2.05) is 0 Å². The molecule has 2 fully saturated rings. The first-order valence-electron chi connectivity index (χ1n) is 12.7. The van der Waals surface area contributed by atoms with E-state index in [2.05, 4.69) is 10.3 Å². The van der Waals surface area contributed by atoms with Crippen molar-refractivity contribution in [3.05, 3.63) is 28.7 Å². The van der Waals surface area contributed by atoms with E-state index in [9.17, 15) is 9.90 Å². The number of ether oxygens (including phenoxy) is 1. The van der Waals surface area contributed by atoms with Crippen molar-refractivity contribution in [3.8, 4) is 11.5 Å². The van der Waals surface area contributed by atoms with Crippen LogP contribution in [0.1, 0.15) is 63.9 Å². The standard InChI is InChI=1S/C25H32ClFN6O3/c1-2-36-19-11-18(34)21(27)22(20(19)26)32-13-14-12-29-24(30-16-9-7-15(28)8-10-16)31-23(14)33(25(32)35)17-5-3-4-6-17/h11-12,15-17,34H,2-10,13,28H2,1H3,(H,29,30,31). The second-order valence-electron chi connectivity index (χ2n) is 9.78. The third-order valence-electron chi connectivity index (χ3n) is 7.32. The van der Waals surface area contributed by atoms with Crippen molar-refractivity contribution in [1.82, 2.24) is 9.97 Å². The van der Waals surface area contributed by atoms with Crippen LogP contribution in [0.3, 0.4) is 0 Å². The van der Waals surface area contributed by atoms with Crippen LogP contribution in [0.5, 0.6) is 11.5 Å². The molecule has 5 rings (SSSR count). The molecule has 0 unspecified atom stereocenters. The zero-order chi connectivity index (χ0) is 25.4. The number of halogens is 2. The summed E-state index contributed by atoms with van der Waals surface area (Å²) in [6, 6.07) is 1.09. The molecule has 1 aliphatic heterocycles. The van der Waals surface area contributed by atoms with Gasteiger partial charge >= 0.3 is 6.03 Å². The first kappa shape index (κ1) is 24.8. The number of carbonyl (C=O) groups is 1. The molecule has 2 aliphatic carbocycles. The molecule has 0 bridgehead atoms. The van der Waals surface area contributed by atoms with Gasteiger partial charge in [0.2, 0.25) is 5.95 Å². The average molecular weight is 519 g/mol. The summed E-state index contributed by atoms with van der Waals surface area (Å²) in [5.41, 5.74) is 6.50. The molecule has 2 amide bonds. The van der Waals surface area contributed by atoms with Crippen molar-refractivity contribution in [1.29, 1.82) is 0 Å². The molecular weight excluding hydrogens is 487 g/mol. The second-order valence-corrected chi connectivity index (χ2v) is 10.2. The molecule has 2 aromatic rings. The lowest BCUT2D eigenvalue weighted by molar-refractivity contribution is 0.247. The van der Waals surface area contributed by atoms with Crippen LogP contribution < -0.4 is 25.6 Å². The van der Waals surface area contributed by atoms with Gasteiger partial charge in [0.1, 0.15) is 22.3 Å². The van der Waals surface area contributed by atoms with Gasteiger partial charge < -0.3 is 20.9 Å². The molecular formula is C25H32ClFN6O3. The average Bonchev–Trinajstić information content (AvgIpc) is 3.39. The number of fused-ring (bicyclic) bond motifs is 1. The van der Waals surface area contributed by atoms with Gasteiger partial charge in [0, 0.05) is 36.0 Å². The quantitative estimate of drug-likeness (QED) is 0.495. The lowest BCUT2D eigenvalue weighted by atomic mass is 9.92. The Kier molecular flexibility index (Phi) is 7.07. The van der Waals surface area contributed by atoms with E-state index in [-0.39, 0.29) is 47.7 Å². The van der Waals surface area contributed by atoms with Crippen molar-refractivity contribution in [2.45, 2.75) is 83.0 Å². The van der Waals surface area contributed by atoms with Crippen LogP contribution >= 0.6 is 11.6 Å². The first-order chi connectivity index (χ1) is 17.4. The number of nitrogens with two attached hydrogens (primary N) is 1. The Morgan fingerprint density at radius 3 is 2.67 bits per heavy atom.